The van der Waals surface area contributed by atoms with Crippen LogP contribution in [0.3, 0.4) is 0 Å². The van der Waals surface area contributed by atoms with E-state index < -0.39 is 0 Å². The van der Waals surface area contributed by atoms with Crippen molar-refractivity contribution in [2.24, 2.45) is 0 Å². The zero-order valence-electron chi connectivity index (χ0n) is 16.4. The lowest BCUT2D eigenvalue weighted by Gasteiger charge is -2.26. The first-order valence-corrected chi connectivity index (χ1v) is 10.2. The Balaban J connectivity index is 1.37. The number of hydrogen-bond donors (Lipinski definition) is 1. The van der Waals surface area contributed by atoms with Crippen LogP contribution in [0, 0.1) is 0 Å². The SMILES string of the molecule is O=C(COc1ccccc1OCc1ccccc1)NCCCN1CCCCC1. The average molecular weight is 383 g/mol. The first-order valence-electron chi connectivity index (χ1n) is 10.2. The predicted molar refractivity (Wildman–Crippen MR) is 111 cm³/mol. The van der Waals surface area contributed by atoms with Crippen molar-refractivity contribution in [2.45, 2.75) is 32.3 Å². The summed E-state index contributed by atoms with van der Waals surface area (Å²) >= 11 is 0. The highest BCUT2D eigenvalue weighted by molar-refractivity contribution is 5.77. The van der Waals surface area contributed by atoms with Crippen LogP contribution < -0.4 is 14.8 Å². The summed E-state index contributed by atoms with van der Waals surface area (Å²) in [5.74, 6) is 1.13. The molecule has 0 atom stereocenters. The second kappa shape index (κ2) is 11.3. The molecule has 0 spiro atoms. The van der Waals surface area contributed by atoms with E-state index in [2.05, 4.69) is 10.2 Å². The summed E-state index contributed by atoms with van der Waals surface area (Å²) in [5.41, 5.74) is 1.09. The van der Waals surface area contributed by atoms with Gasteiger partial charge in [-0.15, -0.1) is 0 Å². The molecule has 0 aliphatic carbocycles. The van der Waals surface area contributed by atoms with Crippen molar-refractivity contribution in [1.82, 2.24) is 10.2 Å². The molecule has 1 heterocycles. The monoisotopic (exact) mass is 382 g/mol. The number of para-hydroxylation sites is 2. The highest BCUT2D eigenvalue weighted by atomic mass is 16.5. The highest BCUT2D eigenvalue weighted by Gasteiger charge is 2.10. The zero-order chi connectivity index (χ0) is 19.4. The number of ether oxygens (including phenoxy) is 2. The predicted octanol–water partition coefficient (Wildman–Crippen LogP) is 3.64. The van der Waals surface area contributed by atoms with Crippen molar-refractivity contribution in [1.29, 1.82) is 0 Å². The van der Waals surface area contributed by atoms with Gasteiger partial charge in [0, 0.05) is 6.54 Å². The van der Waals surface area contributed by atoms with E-state index >= 15 is 0 Å². The second-order valence-electron chi connectivity index (χ2n) is 7.12. The van der Waals surface area contributed by atoms with Gasteiger partial charge in [-0.2, -0.15) is 0 Å². The molecule has 0 saturated carbocycles. The number of rotatable bonds is 10. The summed E-state index contributed by atoms with van der Waals surface area (Å²) in [5, 5.41) is 2.94. The Morgan fingerprint density at radius 1 is 0.893 bits per heavy atom. The van der Waals surface area contributed by atoms with E-state index in [4.69, 9.17) is 9.47 Å². The molecule has 150 valence electrons. The first kappa shape index (κ1) is 20.2. The molecule has 28 heavy (non-hydrogen) atoms. The molecule has 1 aliphatic heterocycles. The maximum Gasteiger partial charge on any atom is 0.257 e. The van der Waals surface area contributed by atoms with Gasteiger partial charge in [0.05, 0.1) is 0 Å². The first-order chi connectivity index (χ1) is 13.8. The van der Waals surface area contributed by atoms with E-state index in [0.717, 1.165) is 18.5 Å². The molecule has 0 radical (unpaired) electrons. The molecule has 1 aliphatic rings. The zero-order valence-corrected chi connectivity index (χ0v) is 16.4. The molecule has 0 unspecified atom stereocenters. The van der Waals surface area contributed by atoms with Gasteiger partial charge in [-0.3, -0.25) is 4.79 Å². The number of likely N-dealkylation sites (tertiary alicyclic amines) is 1. The van der Waals surface area contributed by atoms with Crippen LogP contribution in [0.25, 0.3) is 0 Å². The largest absolute Gasteiger partial charge is 0.485 e. The fourth-order valence-corrected chi connectivity index (χ4v) is 3.33. The molecule has 5 nitrogen and oxygen atoms in total. The number of carbonyl (C=O) groups is 1. The smallest absolute Gasteiger partial charge is 0.257 e. The van der Waals surface area contributed by atoms with Crippen LogP contribution in [0.2, 0.25) is 0 Å². The van der Waals surface area contributed by atoms with Crippen molar-refractivity contribution < 1.29 is 14.3 Å². The third-order valence-electron chi connectivity index (χ3n) is 4.87. The normalized spacial score (nSPS) is 14.4. The number of amides is 1. The van der Waals surface area contributed by atoms with Gasteiger partial charge in [0.2, 0.25) is 0 Å². The van der Waals surface area contributed by atoms with E-state index in [0.29, 0.717) is 24.7 Å². The van der Waals surface area contributed by atoms with E-state index in [9.17, 15) is 4.79 Å². The maximum absolute atomic E-state index is 12.1. The van der Waals surface area contributed by atoms with Gasteiger partial charge in [-0.1, -0.05) is 48.9 Å². The van der Waals surface area contributed by atoms with Crippen molar-refractivity contribution >= 4 is 5.91 Å². The third-order valence-corrected chi connectivity index (χ3v) is 4.87. The molecule has 2 aromatic carbocycles. The van der Waals surface area contributed by atoms with Crippen LogP contribution >= 0.6 is 0 Å². The van der Waals surface area contributed by atoms with Gasteiger partial charge in [0.1, 0.15) is 6.61 Å². The summed E-state index contributed by atoms with van der Waals surface area (Å²) in [6, 6.07) is 17.4. The molecular weight excluding hydrogens is 352 g/mol. The van der Waals surface area contributed by atoms with E-state index in [1.54, 1.807) is 0 Å². The Morgan fingerprint density at radius 3 is 2.32 bits per heavy atom. The minimum absolute atomic E-state index is 0.00454. The lowest BCUT2D eigenvalue weighted by molar-refractivity contribution is -0.123. The van der Waals surface area contributed by atoms with Gasteiger partial charge in [0.15, 0.2) is 18.1 Å². The van der Waals surface area contributed by atoms with Gasteiger partial charge in [-0.25, -0.2) is 0 Å². The van der Waals surface area contributed by atoms with E-state index in [-0.39, 0.29) is 12.5 Å². The quantitative estimate of drug-likeness (QED) is 0.638. The Labute approximate surface area is 167 Å². The van der Waals surface area contributed by atoms with Crippen molar-refractivity contribution in [3.63, 3.8) is 0 Å². The molecule has 2 aromatic rings. The van der Waals surface area contributed by atoms with Crippen molar-refractivity contribution in [3.05, 3.63) is 60.2 Å². The minimum atomic E-state index is -0.100. The highest BCUT2D eigenvalue weighted by Crippen LogP contribution is 2.27. The van der Waals surface area contributed by atoms with Crippen LogP contribution in [0.5, 0.6) is 11.5 Å². The van der Waals surface area contributed by atoms with Crippen LogP contribution in [0.4, 0.5) is 0 Å². The Kier molecular flexibility index (Phi) is 8.19. The molecule has 3 rings (SSSR count). The van der Waals surface area contributed by atoms with Crippen molar-refractivity contribution in [3.8, 4) is 11.5 Å². The Morgan fingerprint density at radius 2 is 1.57 bits per heavy atom. The molecule has 0 bridgehead atoms. The summed E-state index contributed by atoms with van der Waals surface area (Å²) in [6.07, 6.45) is 4.92. The number of carbonyl (C=O) groups excluding carboxylic acids is 1. The summed E-state index contributed by atoms with van der Waals surface area (Å²) in [7, 11) is 0. The molecule has 0 aromatic heterocycles. The topological polar surface area (TPSA) is 50.8 Å². The summed E-state index contributed by atoms with van der Waals surface area (Å²) < 4.78 is 11.5. The number of benzene rings is 2. The molecule has 1 fully saturated rings. The number of hydrogen-bond acceptors (Lipinski definition) is 4. The molecular formula is C23H30N2O3. The van der Waals surface area contributed by atoms with Crippen LogP contribution in [0.15, 0.2) is 54.6 Å². The van der Waals surface area contributed by atoms with Gasteiger partial charge < -0.3 is 19.7 Å². The van der Waals surface area contributed by atoms with Crippen molar-refractivity contribution in [2.75, 3.05) is 32.8 Å². The number of nitrogens with zero attached hydrogens (tertiary/aromatic N) is 1. The molecule has 1 N–H and O–H groups in total. The Bertz CT molecular complexity index is 715. The number of piperidine rings is 1. The van der Waals surface area contributed by atoms with E-state index in [1.165, 1.54) is 32.4 Å². The van der Waals surface area contributed by atoms with Crippen LogP contribution in [-0.2, 0) is 11.4 Å². The maximum atomic E-state index is 12.1. The lowest BCUT2D eigenvalue weighted by Crippen LogP contribution is -2.34. The molecule has 5 heteroatoms. The second-order valence-corrected chi connectivity index (χ2v) is 7.12. The molecule has 1 amide bonds. The average Bonchev–Trinajstić information content (AvgIpc) is 2.76. The van der Waals surface area contributed by atoms with Crippen LogP contribution in [-0.4, -0.2) is 43.6 Å². The van der Waals surface area contributed by atoms with Gasteiger partial charge >= 0.3 is 0 Å². The van der Waals surface area contributed by atoms with Gasteiger partial charge in [0.25, 0.3) is 5.91 Å². The van der Waals surface area contributed by atoms with Crippen LogP contribution in [0.1, 0.15) is 31.2 Å². The van der Waals surface area contributed by atoms with Gasteiger partial charge in [-0.05, 0) is 56.6 Å². The fourth-order valence-electron chi connectivity index (χ4n) is 3.33. The molecule has 1 saturated heterocycles. The standard InChI is InChI=1S/C23H30N2O3/c26-23(24-14-9-17-25-15-7-2-8-16-25)19-28-22-13-6-5-12-21(22)27-18-20-10-3-1-4-11-20/h1,3-6,10-13H,2,7-9,14-19H2,(H,24,26). The minimum Gasteiger partial charge on any atom is -0.485 e. The fraction of sp³-hybridized carbons (Fsp3) is 0.435. The lowest BCUT2D eigenvalue weighted by atomic mass is 10.1. The van der Waals surface area contributed by atoms with E-state index in [1.807, 2.05) is 54.6 Å². The summed E-state index contributed by atoms with van der Waals surface area (Å²) in [6.45, 7) is 4.58. The Hall–Kier alpha value is -2.53. The summed E-state index contributed by atoms with van der Waals surface area (Å²) in [4.78, 5) is 14.5. The number of nitrogens with one attached hydrogen (secondary N) is 1. The third kappa shape index (κ3) is 6.89.